The summed E-state index contributed by atoms with van der Waals surface area (Å²) in [5.41, 5.74) is 8.96. The van der Waals surface area contributed by atoms with E-state index in [1.54, 1.807) is 12.3 Å². The molecule has 0 aliphatic rings. The van der Waals surface area contributed by atoms with E-state index in [2.05, 4.69) is 11.9 Å². The molecule has 0 aliphatic heterocycles. The fourth-order valence-corrected chi connectivity index (χ4v) is 2.10. The quantitative estimate of drug-likeness (QED) is 0.860. The van der Waals surface area contributed by atoms with E-state index in [4.69, 9.17) is 21.8 Å². The Balaban J connectivity index is 2.03. The zero-order chi connectivity index (χ0) is 13.1. The molecular weight excluding hydrogens is 248 g/mol. The van der Waals surface area contributed by atoms with Crippen LogP contribution in [-0.2, 0) is 13.1 Å². The Morgan fingerprint density at radius 1 is 1.22 bits per heavy atom. The van der Waals surface area contributed by atoms with Crippen molar-refractivity contribution in [2.45, 2.75) is 20.0 Å². The summed E-state index contributed by atoms with van der Waals surface area (Å²) in [5, 5.41) is 0.671. The normalized spacial score (nSPS) is 11.1. The van der Waals surface area contributed by atoms with Gasteiger partial charge in [0, 0.05) is 29.4 Å². The summed E-state index contributed by atoms with van der Waals surface area (Å²) in [6.45, 7) is 3.60. The number of nitrogen functional groups attached to an aromatic ring is 1. The van der Waals surface area contributed by atoms with E-state index in [-0.39, 0.29) is 0 Å². The Kier molecular flexibility index (Phi) is 3.94. The van der Waals surface area contributed by atoms with Crippen molar-refractivity contribution in [3.05, 3.63) is 52.4 Å². The molecule has 1 aromatic heterocycles. The highest BCUT2D eigenvalue weighted by atomic mass is 35.5. The van der Waals surface area contributed by atoms with Crippen LogP contribution < -0.4 is 5.73 Å². The lowest BCUT2D eigenvalue weighted by Crippen LogP contribution is -2.18. The number of anilines is 1. The summed E-state index contributed by atoms with van der Waals surface area (Å²) in [6, 6.07) is 7.62. The van der Waals surface area contributed by atoms with Gasteiger partial charge in [-0.2, -0.15) is 0 Å². The lowest BCUT2D eigenvalue weighted by atomic mass is 10.1. The van der Waals surface area contributed by atoms with Gasteiger partial charge in [0.1, 0.15) is 5.76 Å². The van der Waals surface area contributed by atoms with E-state index in [0.717, 1.165) is 30.1 Å². The fourth-order valence-electron chi connectivity index (χ4n) is 1.92. The number of benzene rings is 1. The maximum Gasteiger partial charge on any atom is 0.105 e. The molecule has 0 amide bonds. The van der Waals surface area contributed by atoms with Crippen LogP contribution in [0.15, 0.2) is 34.9 Å². The summed E-state index contributed by atoms with van der Waals surface area (Å²) in [4.78, 5) is 2.19. The third-order valence-corrected chi connectivity index (χ3v) is 3.19. The van der Waals surface area contributed by atoms with Crippen molar-refractivity contribution in [2.75, 3.05) is 12.8 Å². The van der Waals surface area contributed by atoms with E-state index >= 15 is 0 Å². The molecule has 18 heavy (non-hydrogen) atoms. The molecule has 2 aromatic rings. The minimum absolute atomic E-state index is 0.671. The molecule has 3 nitrogen and oxygen atoms in total. The average Bonchev–Trinajstić information content (AvgIpc) is 2.69. The lowest BCUT2D eigenvalue weighted by Gasteiger charge is -2.17. The molecule has 0 fully saturated rings. The minimum Gasteiger partial charge on any atom is -0.469 e. The van der Waals surface area contributed by atoms with E-state index in [1.165, 1.54) is 5.56 Å². The average molecular weight is 265 g/mol. The summed E-state index contributed by atoms with van der Waals surface area (Å²) in [7, 11) is 2.06. The van der Waals surface area contributed by atoms with Gasteiger partial charge in [-0.25, -0.2) is 0 Å². The number of nitrogens with zero attached hydrogens (tertiary/aromatic N) is 1. The monoisotopic (exact) mass is 264 g/mol. The topological polar surface area (TPSA) is 42.4 Å². The van der Waals surface area contributed by atoms with Gasteiger partial charge < -0.3 is 10.2 Å². The fraction of sp³-hybridized carbons (Fsp3) is 0.286. The van der Waals surface area contributed by atoms with Gasteiger partial charge in [0.05, 0.1) is 6.26 Å². The molecule has 0 saturated carbocycles. The van der Waals surface area contributed by atoms with Crippen molar-refractivity contribution in [3.63, 3.8) is 0 Å². The largest absolute Gasteiger partial charge is 0.469 e. The Morgan fingerprint density at radius 2 is 1.94 bits per heavy atom. The van der Waals surface area contributed by atoms with Crippen LogP contribution in [0, 0.1) is 6.92 Å². The van der Waals surface area contributed by atoms with Crippen molar-refractivity contribution in [1.82, 2.24) is 4.90 Å². The molecule has 1 heterocycles. The number of nitrogens with two attached hydrogens (primary N) is 1. The molecule has 0 saturated heterocycles. The van der Waals surface area contributed by atoms with Crippen molar-refractivity contribution in [2.24, 2.45) is 0 Å². The van der Waals surface area contributed by atoms with Crippen LogP contribution in [0.3, 0.4) is 0 Å². The molecule has 0 atom stereocenters. The van der Waals surface area contributed by atoms with Gasteiger partial charge >= 0.3 is 0 Å². The van der Waals surface area contributed by atoms with Crippen molar-refractivity contribution < 1.29 is 4.42 Å². The van der Waals surface area contributed by atoms with Crippen LogP contribution in [-0.4, -0.2) is 11.9 Å². The zero-order valence-corrected chi connectivity index (χ0v) is 11.4. The highest BCUT2D eigenvalue weighted by Crippen LogP contribution is 2.20. The van der Waals surface area contributed by atoms with Gasteiger partial charge in [0.25, 0.3) is 0 Å². The molecule has 2 rings (SSSR count). The molecule has 96 valence electrons. The zero-order valence-electron chi connectivity index (χ0n) is 10.6. The van der Waals surface area contributed by atoms with E-state index in [9.17, 15) is 0 Å². The van der Waals surface area contributed by atoms with Gasteiger partial charge in [0.2, 0.25) is 0 Å². The van der Waals surface area contributed by atoms with E-state index in [1.807, 2.05) is 25.1 Å². The SMILES string of the molecule is Cc1occc1CN(C)Cc1ccc(Cl)cc1N. The summed E-state index contributed by atoms with van der Waals surface area (Å²) >= 11 is 5.88. The molecule has 0 bridgehead atoms. The van der Waals surface area contributed by atoms with Crippen molar-refractivity contribution in [1.29, 1.82) is 0 Å². The Hall–Kier alpha value is -1.45. The summed E-state index contributed by atoms with van der Waals surface area (Å²) < 4.78 is 5.29. The highest BCUT2D eigenvalue weighted by Gasteiger charge is 2.08. The molecule has 4 heteroatoms. The minimum atomic E-state index is 0.671. The predicted octanol–water partition coefficient (Wildman–Crippen LogP) is 3.46. The number of hydrogen-bond acceptors (Lipinski definition) is 3. The first-order valence-corrected chi connectivity index (χ1v) is 6.19. The third-order valence-electron chi connectivity index (χ3n) is 2.95. The number of halogens is 1. The molecule has 0 spiro atoms. The number of aryl methyl sites for hydroxylation is 1. The van der Waals surface area contributed by atoms with Crippen LogP contribution in [0.5, 0.6) is 0 Å². The first-order chi connectivity index (χ1) is 8.56. The smallest absolute Gasteiger partial charge is 0.105 e. The standard InChI is InChI=1S/C14H17ClN2O/c1-10-11(5-6-18-10)8-17(2)9-12-3-4-13(15)7-14(12)16/h3-7H,8-9,16H2,1-2H3. The number of hydrogen-bond donors (Lipinski definition) is 1. The number of rotatable bonds is 4. The van der Waals surface area contributed by atoms with Crippen LogP contribution in [0.25, 0.3) is 0 Å². The van der Waals surface area contributed by atoms with Gasteiger partial charge in [0.15, 0.2) is 0 Å². The lowest BCUT2D eigenvalue weighted by molar-refractivity contribution is 0.317. The maximum absolute atomic E-state index is 5.94. The Morgan fingerprint density at radius 3 is 2.56 bits per heavy atom. The Labute approximate surface area is 112 Å². The summed E-state index contributed by atoms with van der Waals surface area (Å²) in [6.07, 6.45) is 1.72. The van der Waals surface area contributed by atoms with Gasteiger partial charge in [-0.15, -0.1) is 0 Å². The van der Waals surface area contributed by atoms with Crippen LogP contribution in [0.4, 0.5) is 5.69 Å². The van der Waals surface area contributed by atoms with Crippen LogP contribution in [0.1, 0.15) is 16.9 Å². The van der Waals surface area contributed by atoms with E-state index < -0.39 is 0 Å². The first-order valence-electron chi connectivity index (χ1n) is 5.81. The molecule has 2 N–H and O–H groups in total. The van der Waals surface area contributed by atoms with Gasteiger partial charge in [-0.1, -0.05) is 17.7 Å². The Bertz CT molecular complexity index is 536. The van der Waals surface area contributed by atoms with Crippen LogP contribution in [0.2, 0.25) is 5.02 Å². The van der Waals surface area contributed by atoms with E-state index in [0.29, 0.717) is 5.02 Å². The highest BCUT2D eigenvalue weighted by molar-refractivity contribution is 6.30. The molecule has 0 unspecified atom stereocenters. The van der Waals surface area contributed by atoms with Gasteiger partial charge in [-0.3, -0.25) is 4.90 Å². The van der Waals surface area contributed by atoms with Crippen LogP contribution >= 0.6 is 11.6 Å². The maximum atomic E-state index is 5.94. The predicted molar refractivity (Wildman–Crippen MR) is 74.5 cm³/mol. The molecule has 1 aromatic carbocycles. The molecule has 0 aliphatic carbocycles. The molecule has 0 radical (unpaired) electrons. The summed E-state index contributed by atoms with van der Waals surface area (Å²) in [5.74, 6) is 0.964. The van der Waals surface area contributed by atoms with Gasteiger partial charge in [-0.05, 0) is 37.7 Å². The number of furan rings is 1. The third kappa shape index (κ3) is 3.06. The first kappa shape index (κ1) is 13.0. The van der Waals surface area contributed by atoms with Crippen molar-refractivity contribution >= 4 is 17.3 Å². The second-order valence-electron chi connectivity index (χ2n) is 4.52. The second-order valence-corrected chi connectivity index (χ2v) is 4.95. The van der Waals surface area contributed by atoms with Crippen molar-refractivity contribution in [3.8, 4) is 0 Å². The molecular formula is C14H17ClN2O. The second kappa shape index (κ2) is 5.46.